The molecule has 1 aliphatic carbocycles. The van der Waals surface area contributed by atoms with Crippen LogP contribution in [0.1, 0.15) is 59.5 Å². The lowest BCUT2D eigenvalue weighted by Crippen LogP contribution is -2.63. The Kier molecular flexibility index (Phi) is 6.37. The zero-order valence-electron chi connectivity index (χ0n) is 17.9. The smallest absolute Gasteiger partial charge is 0.254 e. The second-order valence-electron chi connectivity index (χ2n) is 8.48. The van der Waals surface area contributed by atoms with E-state index in [2.05, 4.69) is 5.32 Å². The Labute approximate surface area is 182 Å². The number of amides is 2. The molecular formula is C25H29FN2O3. The average Bonchev–Trinajstić information content (AvgIpc) is 2.78. The Bertz CT molecular complexity index is 955. The third-order valence-corrected chi connectivity index (χ3v) is 6.68. The summed E-state index contributed by atoms with van der Waals surface area (Å²) in [6.07, 6.45) is 4.64. The van der Waals surface area contributed by atoms with Gasteiger partial charge in [-0.3, -0.25) is 9.59 Å². The van der Waals surface area contributed by atoms with E-state index in [0.29, 0.717) is 24.3 Å². The van der Waals surface area contributed by atoms with Crippen LogP contribution in [0.3, 0.4) is 0 Å². The molecule has 31 heavy (non-hydrogen) atoms. The molecule has 6 heteroatoms. The molecule has 1 unspecified atom stereocenters. The van der Waals surface area contributed by atoms with Gasteiger partial charge in [0.25, 0.3) is 5.91 Å². The zero-order valence-corrected chi connectivity index (χ0v) is 17.9. The number of fused-ring (bicyclic) bond motifs is 1. The number of ether oxygens (including phenoxy) is 1. The summed E-state index contributed by atoms with van der Waals surface area (Å²) in [5.41, 5.74) is 1.52. The number of methoxy groups -OCH3 is 1. The van der Waals surface area contributed by atoms with Gasteiger partial charge in [0.05, 0.1) is 18.1 Å². The summed E-state index contributed by atoms with van der Waals surface area (Å²) in [5, 5.41) is 3.03. The molecule has 0 saturated heterocycles. The van der Waals surface area contributed by atoms with Crippen LogP contribution in [0.5, 0.6) is 0 Å². The first-order chi connectivity index (χ1) is 15.1. The Morgan fingerprint density at radius 3 is 2.68 bits per heavy atom. The van der Waals surface area contributed by atoms with E-state index in [1.165, 1.54) is 12.1 Å². The van der Waals surface area contributed by atoms with Gasteiger partial charge in [-0.25, -0.2) is 4.39 Å². The molecule has 0 bridgehead atoms. The van der Waals surface area contributed by atoms with Crippen molar-refractivity contribution in [1.29, 1.82) is 0 Å². The lowest BCUT2D eigenvalue weighted by atomic mass is 9.65. The van der Waals surface area contributed by atoms with Crippen molar-refractivity contribution in [2.24, 2.45) is 0 Å². The van der Waals surface area contributed by atoms with Crippen LogP contribution in [0.2, 0.25) is 0 Å². The molecule has 2 amide bonds. The van der Waals surface area contributed by atoms with Gasteiger partial charge in [-0.2, -0.15) is 0 Å². The molecule has 2 aliphatic rings. The second-order valence-corrected chi connectivity index (χ2v) is 8.48. The van der Waals surface area contributed by atoms with Gasteiger partial charge in [-0.1, -0.05) is 49.6 Å². The molecule has 164 valence electrons. The number of hydrogen-bond donors (Lipinski definition) is 1. The van der Waals surface area contributed by atoms with Gasteiger partial charge >= 0.3 is 0 Å². The maximum Gasteiger partial charge on any atom is 0.254 e. The Balaban J connectivity index is 1.71. The van der Waals surface area contributed by atoms with Crippen molar-refractivity contribution in [3.8, 4) is 0 Å². The Hall–Kier alpha value is -2.73. The normalized spacial score (nSPS) is 19.9. The van der Waals surface area contributed by atoms with Gasteiger partial charge in [0.1, 0.15) is 5.82 Å². The van der Waals surface area contributed by atoms with E-state index in [9.17, 15) is 14.0 Å². The number of nitrogens with one attached hydrogen (secondary N) is 1. The average molecular weight is 425 g/mol. The Morgan fingerprint density at radius 2 is 1.94 bits per heavy atom. The third kappa shape index (κ3) is 4.09. The number of carbonyl (C=O) groups is 2. The number of rotatable bonds is 6. The molecule has 1 saturated carbocycles. The van der Waals surface area contributed by atoms with Crippen LogP contribution < -0.4 is 5.32 Å². The second kappa shape index (κ2) is 9.18. The quantitative estimate of drug-likeness (QED) is 0.762. The monoisotopic (exact) mass is 424 g/mol. The maximum absolute atomic E-state index is 13.6. The molecule has 0 radical (unpaired) electrons. The van der Waals surface area contributed by atoms with Crippen molar-refractivity contribution >= 4 is 11.8 Å². The summed E-state index contributed by atoms with van der Waals surface area (Å²) in [4.78, 5) is 29.0. The first-order valence-corrected chi connectivity index (χ1v) is 11.0. The summed E-state index contributed by atoms with van der Waals surface area (Å²) in [6.45, 7) is 1.13. The summed E-state index contributed by atoms with van der Waals surface area (Å²) in [6, 6.07) is 13.7. The van der Waals surface area contributed by atoms with Crippen molar-refractivity contribution < 1.29 is 18.7 Å². The Morgan fingerprint density at radius 1 is 1.16 bits per heavy atom. The van der Waals surface area contributed by atoms with Gasteiger partial charge in [-0.05, 0) is 42.2 Å². The van der Waals surface area contributed by atoms with Crippen LogP contribution >= 0.6 is 0 Å². The van der Waals surface area contributed by atoms with E-state index in [-0.39, 0.29) is 24.2 Å². The first kappa shape index (κ1) is 21.5. The molecule has 2 aromatic rings. The van der Waals surface area contributed by atoms with Crippen molar-refractivity contribution in [3.05, 3.63) is 71.0 Å². The van der Waals surface area contributed by atoms with Gasteiger partial charge in [0, 0.05) is 25.8 Å². The van der Waals surface area contributed by atoms with E-state index < -0.39 is 11.5 Å². The largest absolute Gasteiger partial charge is 0.383 e. The van der Waals surface area contributed by atoms with E-state index >= 15 is 0 Å². The standard InChI is InChI=1S/C25H29FN2O3/c1-31-15-14-28-24(30)21-11-4-3-10-20(21)22(25(28)12-5-2-6-13-25)23(29)27-17-18-8-7-9-19(26)16-18/h3-4,7-11,16,22H,2,5-6,12-15,17H2,1H3,(H,27,29). The lowest BCUT2D eigenvalue weighted by Gasteiger charge is -2.53. The van der Waals surface area contributed by atoms with Gasteiger partial charge in [-0.15, -0.1) is 0 Å². The molecule has 4 rings (SSSR count). The molecule has 1 heterocycles. The molecule has 1 aliphatic heterocycles. The van der Waals surface area contributed by atoms with Gasteiger partial charge < -0.3 is 15.0 Å². The summed E-state index contributed by atoms with van der Waals surface area (Å²) in [5.74, 6) is -0.931. The fraction of sp³-hybridized carbons (Fsp3) is 0.440. The predicted octanol–water partition coefficient (Wildman–Crippen LogP) is 4.03. The van der Waals surface area contributed by atoms with Crippen LogP contribution in [-0.2, 0) is 16.1 Å². The highest BCUT2D eigenvalue weighted by Gasteiger charge is 2.54. The number of carbonyl (C=O) groups excluding carboxylic acids is 2. The maximum atomic E-state index is 13.6. The summed E-state index contributed by atoms with van der Waals surface area (Å²) in [7, 11) is 1.62. The SMILES string of the molecule is COCCN1C(=O)c2ccccc2C(C(=O)NCc2cccc(F)c2)C12CCCCC2. The molecule has 0 aromatic heterocycles. The highest BCUT2D eigenvalue weighted by atomic mass is 19.1. The number of halogens is 1. The van der Waals surface area contributed by atoms with Crippen LogP contribution in [0.25, 0.3) is 0 Å². The van der Waals surface area contributed by atoms with E-state index in [1.54, 1.807) is 25.3 Å². The molecule has 1 fully saturated rings. The summed E-state index contributed by atoms with van der Waals surface area (Å²) >= 11 is 0. The highest BCUT2D eigenvalue weighted by molar-refractivity contribution is 6.02. The number of benzene rings is 2. The number of nitrogens with zero attached hydrogens (tertiary/aromatic N) is 1. The highest BCUT2D eigenvalue weighted by Crippen LogP contribution is 2.49. The minimum atomic E-state index is -0.561. The van der Waals surface area contributed by atoms with Crippen molar-refractivity contribution in [2.45, 2.75) is 50.1 Å². The third-order valence-electron chi connectivity index (χ3n) is 6.68. The lowest BCUT2D eigenvalue weighted by molar-refractivity contribution is -0.127. The van der Waals surface area contributed by atoms with Crippen LogP contribution in [0.4, 0.5) is 4.39 Å². The van der Waals surface area contributed by atoms with Crippen molar-refractivity contribution in [2.75, 3.05) is 20.3 Å². The molecule has 5 nitrogen and oxygen atoms in total. The van der Waals surface area contributed by atoms with E-state index in [0.717, 1.165) is 37.7 Å². The molecular weight excluding hydrogens is 395 g/mol. The zero-order chi connectivity index (χ0) is 21.8. The van der Waals surface area contributed by atoms with Crippen LogP contribution in [-0.4, -0.2) is 42.5 Å². The van der Waals surface area contributed by atoms with E-state index in [4.69, 9.17) is 4.74 Å². The fourth-order valence-electron chi connectivity index (χ4n) is 5.29. The topological polar surface area (TPSA) is 58.6 Å². The van der Waals surface area contributed by atoms with Gasteiger partial charge in [0.2, 0.25) is 5.91 Å². The molecule has 1 spiro atoms. The van der Waals surface area contributed by atoms with Gasteiger partial charge in [0.15, 0.2) is 0 Å². The van der Waals surface area contributed by atoms with Crippen molar-refractivity contribution in [1.82, 2.24) is 10.2 Å². The molecule has 1 atom stereocenters. The van der Waals surface area contributed by atoms with Crippen LogP contribution in [0.15, 0.2) is 48.5 Å². The van der Waals surface area contributed by atoms with Crippen molar-refractivity contribution in [3.63, 3.8) is 0 Å². The molecule has 2 aromatic carbocycles. The summed E-state index contributed by atoms with van der Waals surface area (Å²) < 4.78 is 18.9. The minimum absolute atomic E-state index is 0.0243. The molecule has 1 N–H and O–H groups in total. The predicted molar refractivity (Wildman–Crippen MR) is 116 cm³/mol. The van der Waals surface area contributed by atoms with E-state index in [1.807, 2.05) is 23.1 Å². The fourth-order valence-corrected chi connectivity index (χ4v) is 5.29. The first-order valence-electron chi connectivity index (χ1n) is 11.0. The minimum Gasteiger partial charge on any atom is -0.383 e. The van der Waals surface area contributed by atoms with Crippen LogP contribution in [0, 0.1) is 5.82 Å². The number of hydrogen-bond acceptors (Lipinski definition) is 3.